The monoisotopic (exact) mass is 495 g/mol. The summed E-state index contributed by atoms with van der Waals surface area (Å²) in [5, 5.41) is 0. The lowest BCUT2D eigenvalue weighted by molar-refractivity contribution is -0.140. The van der Waals surface area contributed by atoms with Crippen LogP contribution in [0.5, 0.6) is 0 Å². The Hall–Kier alpha value is -2.97. The fourth-order valence-electron chi connectivity index (χ4n) is 4.72. The Morgan fingerprint density at radius 1 is 0.857 bits per heavy atom. The van der Waals surface area contributed by atoms with Crippen LogP contribution in [0.25, 0.3) is 6.08 Å². The molecule has 7 nitrogen and oxygen atoms in total. The molecule has 0 spiro atoms. The van der Waals surface area contributed by atoms with Gasteiger partial charge in [-0.05, 0) is 55.5 Å². The van der Waals surface area contributed by atoms with Crippen molar-refractivity contribution in [2.45, 2.75) is 31.6 Å². The number of sulfonamides is 1. The van der Waals surface area contributed by atoms with Crippen molar-refractivity contribution in [2.75, 3.05) is 39.3 Å². The first kappa shape index (κ1) is 25.1. The molecule has 8 heteroatoms. The molecule has 0 N–H and O–H groups in total. The second-order valence-corrected chi connectivity index (χ2v) is 11.2. The van der Waals surface area contributed by atoms with Crippen LogP contribution in [0.15, 0.2) is 59.5 Å². The molecule has 2 saturated heterocycles. The van der Waals surface area contributed by atoms with Gasteiger partial charge in [0.15, 0.2) is 0 Å². The van der Waals surface area contributed by atoms with Gasteiger partial charge in [-0.3, -0.25) is 9.59 Å². The Morgan fingerprint density at radius 3 is 2.17 bits per heavy atom. The Morgan fingerprint density at radius 2 is 1.51 bits per heavy atom. The number of piperidine rings is 1. The van der Waals surface area contributed by atoms with Crippen LogP contribution in [0.1, 0.15) is 29.5 Å². The average molecular weight is 496 g/mol. The number of rotatable bonds is 5. The van der Waals surface area contributed by atoms with Gasteiger partial charge in [0.2, 0.25) is 21.8 Å². The number of aryl methyl sites for hydroxylation is 2. The number of nitrogens with zero attached hydrogens (tertiary/aromatic N) is 3. The van der Waals surface area contributed by atoms with Crippen molar-refractivity contribution < 1.29 is 18.0 Å². The van der Waals surface area contributed by atoms with E-state index in [1.54, 1.807) is 28.9 Å². The molecule has 2 aliphatic rings. The van der Waals surface area contributed by atoms with Crippen LogP contribution in [-0.4, -0.2) is 73.6 Å². The molecule has 2 aliphatic heterocycles. The van der Waals surface area contributed by atoms with Gasteiger partial charge in [-0.15, -0.1) is 0 Å². The zero-order valence-corrected chi connectivity index (χ0v) is 21.2. The van der Waals surface area contributed by atoms with Crippen LogP contribution in [0.2, 0.25) is 0 Å². The quantitative estimate of drug-likeness (QED) is 0.598. The predicted octanol–water partition coefficient (Wildman–Crippen LogP) is 3.09. The van der Waals surface area contributed by atoms with Crippen molar-refractivity contribution in [1.29, 1.82) is 0 Å². The van der Waals surface area contributed by atoms with Crippen molar-refractivity contribution in [1.82, 2.24) is 14.1 Å². The molecular formula is C27H33N3O4S. The zero-order valence-electron chi connectivity index (χ0n) is 20.4. The van der Waals surface area contributed by atoms with Gasteiger partial charge in [-0.1, -0.05) is 42.5 Å². The van der Waals surface area contributed by atoms with Crippen molar-refractivity contribution in [2.24, 2.45) is 5.92 Å². The lowest BCUT2D eigenvalue weighted by atomic mass is 9.95. The molecule has 0 atom stereocenters. The first-order valence-corrected chi connectivity index (χ1v) is 13.6. The van der Waals surface area contributed by atoms with Gasteiger partial charge in [-0.2, -0.15) is 4.31 Å². The minimum atomic E-state index is -3.59. The fourth-order valence-corrected chi connectivity index (χ4v) is 6.45. The minimum absolute atomic E-state index is 0.0370. The van der Waals surface area contributed by atoms with E-state index >= 15 is 0 Å². The second-order valence-electron chi connectivity index (χ2n) is 9.34. The van der Waals surface area contributed by atoms with Crippen molar-refractivity contribution in [3.05, 3.63) is 71.3 Å². The lowest BCUT2D eigenvalue weighted by Gasteiger charge is -2.38. The summed E-state index contributed by atoms with van der Waals surface area (Å²) in [6, 6.07) is 15.1. The number of amides is 2. The third-order valence-corrected chi connectivity index (χ3v) is 8.93. The molecular weight excluding hydrogens is 462 g/mol. The highest BCUT2D eigenvalue weighted by Gasteiger charge is 2.34. The molecule has 0 saturated carbocycles. The topological polar surface area (TPSA) is 78.0 Å². The molecule has 186 valence electrons. The summed E-state index contributed by atoms with van der Waals surface area (Å²) in [5.74, 6) is -0.0925. The van der Waals surface area contributed by atoms with E-state index in [9.17, 15) is 18.0 Å². The molecule has 2 aromatic carbocycles. The Labute approximate surface area is 208 Å². The third kappa shape index (κ3) is 5.82. The molecule has 35 heavy (non-hydrogen) atoms. The minimum Gasteiger partial charge on any atom is -0.340 e. The summed E-state index contributed by atoms with van der Waals surface area (Å²) in [6.45, 7) is 6.16. The van der Waals surface area contributed by atoms with Crippen LogP contribution in [0.3, 0.4) is 0 Å². The van der Waals surface area contributed by atoms with Gasteiger partial charge in [-0.25, -0.2) is 8.42 Å². The maximum absolute atomic E-state index is 13.2. The Balaban J connectivity index is 1.28. The van der Waals surface area contributed by atoms with E-state index in [-0.39, 0.29) is 17.7 Å². The van der Waals surface area contributed by atoms with Gasteiger partial charge in [0, 0.05) is 51.3 Å². The van der Waals surface area contributed by atoms with E-state index in [2.05, 4.69) is 0 Å². The second kappa shape index (κ2) is 10.7. The van der Waals surface area contributed by atoms with Gasteiger partial charge in [0.05, 0.1) is 4.90 Å². The summed E-state index contributed by atoms with van der Waals surface area (Å²) in [7, 11) is -3.59. The van der Waals surface area contributed by atoms with Gasteiger partial charge in [0.1, 0.15) is 0 Å². The van der Waals surface area contributed by atoms with Crippen molar-refractivity contribution in [3.63, 3.8) is 0 Å². The normalized spacial score (nSPS) is 18.2. The van der Waals surface area contributed by atoms with Gasteiger partial charge in [0.25, 0.3) is 0 Å². The van der Waals surface area contributed by atoms with E-state index in [1.807, 2.05) is 55.5 Å². The number of hydrogen-bond donors (Lipinski definition) is 0. The molecule has 0 bridgehead atoms. The average Bonchev–Trinajstić information content (AvgIpc) is 2.89. The van der Waals surface area contributed by atoms with Gasteiger partial charge >= 0.3 is 0 Å². The SMILES string of the molecule is Cc1ccc(C)c(S(=O)(=O)N2CCN(C(=O)C3CCN(C(=O)/C=C/c4ccccc4)CC3)CC2)c1. The number of carbonyl (C=O) groups excluding carboxylic acids is 2. The number of piperazine rings is 1. The van der Waals surface area contributed by atoms with E-state index < -0.39 is 10.0 Å². The third-order valence-electron chi connectivity index (χ3n) is 6.89. The molecule has 2 heterocycles. The fraction of sp³-hybridized carbons (Fsp3) is 0.407. The largest absolute Gasteiger partial charge is 0.340 e. The number of benzene rings is 2. The van der Waals surface area contributed by atoms with Crippen LogP contribution in [-0.2, 0) is 19.6 Å². The van der Waals surface area contributed by atoms with E-state index in [0.29, 0.717) is 57.0 Å². The van der Waals surface area contributed by atoms with Crippen LogP contribution >= 0.6 is 0 Å². The smallest absolute Gasteiger partial charge is 0.246 e. The van der Waals surface area contributed by atoms with E-state index in [4.69, 9.17) is 0 Å². The van der Waals surface area contributed by atoms with Crippen LogP contribution in [0, 0.1) is 19.8 Å². The summed E-state index contributed by atoms with van der Waals surface area (Å²) >= 11 is 0. The molecule has 2 aromatic rings. The van der Waals surface area contributed by atoms with Crippen molar-refractivity contribution >= 4 is 27.9 Å². The highest BCUT2D eigenvalue weighted by Crippen LogP contribution is 2.25. The Kier molecular flexibility index (Phi) is 7.72. The number of carbonyl (C=O) groups is 2. The highest BCUT2D eigenvalue weighted by atomic mass is 32.2. The molecule has 0 unspecified atom stereocenters. The number of hydrogen-bond acceptors (Lipinski definition) is 4. The molecule has 0 radical (unpaired) electrons. The van der Waals surface area contributed by atoms with Gasteiger partial charge < -0.3 is 9.80 Å². The molecule has 2 fully saturated rings. The molecule has 4 rings (SSSR count). The van der Waals surface area contributed by atoms with E-state index in [1.165, 1.54) is 4.31 Å². The molecule has 0 aromatic heterocycles. The van der Waals surface area contributed by atoms with E-state index in [0.717, 1.165) is 16.7 Å². The number of likely N-dealkylation sites (tertiary alicyclic amines) is 1. The van der Waals surface area contributed by atoms with Crippen LogP contribution < -0.4 is 0 Å². The summed E-state index contributed by atoms with van der Waals surface area (Å²) in [4.78, 5) is 29.5. The van der Waals surface area contributed by atoms with Crippen molar-refractivity contribution in [3.8, 4) is 0 Å². The molecule has 0 aliphatic carbocycles. The summed E-state index contributed by atoms with van der Waals surface area (Å²) < 4.78 is 27.8. The summed E-state index contributed by atoms with van der Waals surface area (Å²) in [6.07, 6.45) is 4.66. The Bertz CT molecular complexity index is 1190. The first-order valence-electron chi connectivity index (χ1n) is 12.1. The first-order chi connectivity index (χ1) is 16.8. The predicted molar refractivity (Wildman–Crippen MR) is 136 cm³/mol. The standard InChI is InChI=1S/C27H33N3O4S/c1-21-8-9-22(2)25(20-21)35(33,34)30-18-16-29(17-19-30)27(32)24-12-14-28(15-13-24)26(31)11-10-23-6-4-3-5-7-23/h3-11,20,24H,12-19H2,1-2H3/b11-10+. The van der Waals surface area contributed by atoms with Crippen LogP contribution in [0.4, 0.5) is 0 Å². The molecule has 2 amide bonds. The zero-order chi connectivity index (χ0) is 25.0. The summed E-state index contributed by atoms with van der Waals surface area (Å²) in [5.41, 5.74) is 2.61. The maximum Gasteiger partial charge on any atom is 0.246 e. The maximum atomic E-state index is 13.2. The highest BCUT2D eigenvalue weighted by molar-refractivity contribution is 7.89. The lowest BCUT2D eigenvalue weighted by Crippen LogP contribution is -2.53.